The minimum Gasteiger partial charge on any atom is -0.326 e. The summed E-state index contributed by atoms with van der Waals surface area (Å²) in [6.45, 7) is 7.49. The van der Waals surface area contributed by atoms with Crippen LogP contribution in [0, 0.1) is 13.8 Å². The van der Waals surface area contributed by atoms with Crippen LogP contribution in [0.25, 0.3) is 0 Å². The number of thioether (sulfide) groups is 1. The number of nitrogens with one attached hydrogen (secondary N) is 2. The Morgan fingerprint density at radius 1 is 0.917 bits per heavy atom. The second-order valence-corrected chi connectivity index (χ2v) is 7.17. The Morgan fingerprint density at radius 2 is 1.50 bits per heavy atom. The van der Waals surface area contributed by atoms with Gasteiger partial charge in [0.25, 0.3) is 0 Å². The summed E-state index contributed by atoms with van der Waals surface area (Å²) in [5.41, 5.74) is 3.89. The van der Waals surface area contributed by atoms with Gasteiger partial charge in [-0.2, -0.15) is 0 Å². The number of carbonyl (C=O) groups excluding carboxylic acids is 2. The van der Waals surface area contributed by atoms with Crippen molar-refractivity contribution in [3.05, 3.63) is 53.6 Å². The highest BCUT2D eigenvalue weighted by molar-refractivity contribution is 8.00. The van der Waals surface area contributed by atoms with E-state index in [0.29, 0.717) is 11.4 Å². The van der Waals surface area contributed by atoms with E-state index in [1.807, 2.05) is 13.0 Å². The number of carbonyl (C=O) groups is 2. The van der Waals surface area contributed by atoms with Gasteiger partial charge in [0.2, 0.25) is 11.8 Å². The number of anilines is 2. The molecule has 0 aliphatic rings. The molecule has 2 amide bonds. The van der Waals surface area contributed by atoms with Crippen molar-refractivity contribution in [3.63, 3.8) is 0 Å². The Labute approximate surface area is 147 Å². The van der Waals surface area contributed by atoms with Crippen LogP contribution >= 0.6 is 11.8 Å². The topological polar surface area (TPSA) is 58.2 Å². The van der Waals surface area contributed by atoms with E-state index in [9.17, 15) is 9.59 Å². The molecule has 2 aromatic carbocycles. The predicted octanol–water partition coefficient (Wildman–Crippen LogP) is 4.38. The maximum absolute atomic E-state index is 12.3. The molecule has 0 bridgehead atoms. The molecule has 0 saturated carbocycles. The van der Waals surface area contributed by atoms with E-state index in [1.165, 1.54) is 29.8 Å². The Balaban J connectivity index is 1.95. The number of rotatable bonds is 5. The molecule has 126 valence electrons. The number of amides is 2. The lowest BCUT2D eigenvalue weighted by Crippen LogP contribution is -2.22. The van der Waals surface area contributed by atoms with Crippen LogP contribution < -0.4 is 10.6 Å². The van der Waals surface area contributed by atoms with Crippen LogP contribution in [0.3, 0.4) is 0 Å². The molecule has 0 heterocycles. The fourth-order valence-electron chi connectivity index (χ4n) is 2.13. The van der Waals surface area contributed by atoms with Crippen molar-refractivity contribution in [3.8, 4) is 0 Å². The fraction of sp³-hybridized carbons (Fsp3) is 0.263. The van der Waals surface area contributed by atoms with Crippen LogP contribution in [-0.2, 0) is 9.59 Å². The van der Waals surface area contributed by atoms with Gasteiger partial charge in [-0.3, -0.25) is 9.59 Å². The van der Waals surface area contributed by atoms with Crippen molar-refractivity contribution in [1.82, 2.24) is 0 Å². The third kappa shape index (κ3) is 5.13. The molecule has 0 aliphatic heterocycles. The third-order valence-electron chi connectivity index (χ3n) is 3.63. The molecule has 0 spiro atoms. The van der Waals surface area contributed by atoms with E-state index in [4.69, 9.17) is 0 Å². The summed E-state index contributed by atoms with van der Waals surface area (Å²) in [6.07, 6.45) is 0. The molecular formula is C19H22N2O2S. The maximum atomic E-state index is 12.3. The molecule has 1 atom stereocenters. The smallest absolute Gasteiger partial charge is 0.237 e. The van der Waals surface area contributed by atoms with Gasteiger partial charge in [0.05, 0.1) is 5.25 Å². The monoisotopic (exact) mass is 342 g/mol. The van der Waals surface area contributed by atoms with Crippen molar-refractivity contribution in [1.29, 1.82) is 0 Å². The summed E-state index contributed by atoms with van der Waals surface area (Å²) in [5.74, 6) is -0.171. The zero-order valence-electron chi connectivity index (χ0n) is 14.3. The minimum absolute atomic E-state index is 0.0505. The normalized spacial score (nSPS) is 11.7. The average Bonchev–Trinajstić information content (AvgIpc) is 2.52. The maximum Gasteiger partial charge on any atom is 0.237 e. The van der Waals surface area contributed by atoms with Gasteiger partial charge in [0, 0.05) is 23.2 Å². The first-order valence-corrected chi connectivity index (χ1v) is 8.65. The first-order chi connectivity index (χ1) is 11.3. The highest BCUT2D eigenvalue weighted by Crippen LogP contribution is 2.26. The van der Waals surface area contributed by atoms with Crippen LogP contribution in [0.1, 0.15) is 25.0 Å². The van der Waals surface area contributed by atoms with Crippen LogP contribution in [0.2, 0.25) is 0 Å². The Bertz CT molecular complexity index is 742. The molecule has 0 radical (unpaired) electrons. The Morgan fingerprint density at radius 3 is 2.04 bits per heavy atom. The molecule has 2 aromatic rings. The molecule has 2 N–H and O–H groups in total. The van der Waals surface area contributed by atoms with Gasteiger partial charge in [-0.25, -0.2) is 0 Å². The minimum atomic E-state index is -0.206. The van der Waals surface area contributed by atoms with Gasteiger partial charge in [-0.15, -0.1) is 11.8 Å². The highest BCUT2D eigenvalue weighted by Gasteiger charge is 2.15. The summed E-state index contributed by atoms with van der Waals surface area (Å²) in [6, 6.07) is 13.3. The molecule has 24 heavy (non-hydrogen) atoms. The molecule has 0 aromatic heterocycles. The summed E-state index contributed by atoms with van der Waals surface area (Å²) < 4.78 is 0. The molecule has 5 heteroatoms. The Hall–Kier alpha value is -2.27. The van der Waals surface area contributed by atoms with Gasteiger partial charge in [-0.1, -0.05) is 6.07 Å². The average molecular weight is 342 g/mol. The van der Waals surface area contributed by atoms with Crippen molar-refractivity contribution in [2.24, 2.45) is 0 Å². The van der Waals surface area contributed by atoms with Crippen molar-refractivity contribution >= 4 is 35.0 Å². The summed E-state index contributed by atoms with van der Waals surface area (Å²) in [7, 11) is 0. The van der Waals surface area contributed by atoms with E-state index in [1.54, 1.807) is 24.3 Å². The van der Waals surface area contributed by atoms with Crippen molar-refractivity contribution < 1.29 is 9.59 Å². The van der Waals surface area contributed by atoms with E-state index in [0.717, 1.165) is 4.90 Å². The first-order valence-electron chi connectivity index (χ1n) is 7.77. The highest BCUT2D eigenvalue weighted by atomic mass is 32.2. The molecular weight excluding hydrogens is 320 g/mol. The quantitative estimate of drug-likeness (QED) is 0.793. The van der Waals surface area contributed by atoms with Gasteiger partial charge < -0.3 is 10.6 Å². The molecule has 0 aliphatic carbocycles. The number of benzene rings is 2. The third-order valence-corrected chi connectivity index (χ3v) is 4.73. The summed E-state index contributed by atoms with van der Waals surface area (Å²) >= 11 is 1.54. The molecule has 0 fully saturated rings. The van der Waals surface area contributed by atoms with E-state index < -0.39 is 0 Å². The second-order valence-electron chi connectivity index (χ2n) is 5.75. The lowest BCUT2D eigenvalue weighted by atomic mass is 10.1. The fourth-order valence-corrected chi connectivity index (χ4v) is 3.09. The summed E-state index contributed by atoms with van der Waals surface area (Å²) in [5, 5.41) is 5.38. The molecule has 4 nitrogen and oxygen atoms in total. The largest absolute Gasteiger partial charge is 0.326 e. The summed E-state index contributed by atoms with van der Waals surface area (Å²) in [4.78, 5) is 24.4. The van der Waals surface area contributed by atoms with E-state index in [2.05, 4.69) is 36.6 Å². The number of hydrogen-bond donors (Lipinski definition) is 2. The number of hydrogen-bond acceptors (Lipinski definition) is 3. The second kappa shape index (κ2) is 8.02. The molecule has 0 unspecified atom stereocenters. The van der Waals surface area contributed by atoms with Crippen LogP contribution in [-0.4, -0.2) is 17.1 Å². The standard InChI is InChI=1S/C19H22N2O2S/c1-12-5-10-18(11-13(12)2)24-14(3)19(23)21-17-8-6-16(7-9-17)20-15(4)22/h5-11,14H,1-4H3,(H,20,22)(H,21,23)/t14-/m1/s1. The lowest BCUT2D eigenvalue weighted by molar-refractivity contribution is -0.115. The van der Waals surface area contributed by atoms with Crippen molar-refractivity contribution in [2.75, 3.05) is 10.6 Å². The molecule has 0 saturated heterocycles. The van der Waals surface area contributed by atoms with Gasteiger partial charge in [0.1, 0.15) is 0 Å². The van der Waals surface area contributed by atoms with E-state index in [-0.39, 0.29) is 17.1 Å². The zero-order valence-corrected chi connectivity index (χ0v) is 15.2. The van der Waals surface area contributed by atoms with Gasteiger partial charge in [0.15, 0.2) is 0 Å². The zero-order chi connectivity index (χ0) is 17.7. The first kappa shape index (κ1) is 18.1. The van der Waals surface area contributed by atoms with E-state index >= 15 is 0 Å². The lowest BCUT2D eigenvalue weighted by Gasteiger charge is -2.13. The van der Waals surface area contributed by atoms with Crippen LogP contribution in [0.4, 0.5) is 11.4 Å². The van der Waals surface area contributed by atoms with Gasteiger partial charge >= 0.3 is 0 Å². The van der Waals surface area contributed by atoms with Crippen LogP contribution in [0.15, 0.2) is 47.4 Å². The van der Waals surface area contributed by atoms with Crippen molar-refractivity contribution in [2.45, 2.75) is 37.8 Å². The molecule has 2 rings (SSSR count). The van der Waals surface area contributed by atoms with Crippen LogP contribution in [0.5, 0.6) is 0 Å². The predicted molar refractivity (Wildman–Crippen MR) is 101 cm³/mol. The number of aryl methyl sites for hydroxylation is 2. The van der Waals surface area contributed by atoms with Gasteiger partial charge in [-0.05, 0) is 68.3 Å². The Kier molecular flexibility index (Phi) is 6.04. The SMILES string of the molecule is CC(=O)Nc1ccc(NC(=O)[C@@H](C)Sc2ccc(C)c(C)c2)cc1.